The monoisotopic (exact) mass is 289 g/mol. The van der Waals surface area contributed by atoms with E-state index in [1.54, 1.807) is 6.20 Å². The molecule has 0 aliphatic carbocycles. The number of nitrogens with zero attached hydrogens (tertiary/aromatic N) is 2. The number of ether oxygens (including phenoxy) is 1. The summed E-state index contributed by atoms with van der Waals surface area (Å²) in [6.45, 7) is 4.23. The molecule has 3 rings (SSSR count). The Bertz CT molecular complexity index is 840. The van der Waals surface area contributed by atoms with Gasteiger partial charge < -0.3 is 4.74 Å². The first-order valence-corrected chi connectivity index (χ1v) is 7.45. The number of aromatic nitrogens is 3. The number of H-pyrrole nitrogens is 1. The molecule has 108 valence electrons. The lowest BCUT2D eigenvalue weighted by atomic mass is 9.52. The fraction of sp³-hybridized carbons (Fsp3) is 0.200. The molecule has 3 aromatic rings. The second kappa shape index (κ2) is 5.23. The number of benzene rings is 1. The highest BCUT2D eigenvalue weighted by Crippen LogP contribution is 2.34. The van der Waals surface area contributed by atoms with Crippen molar-refractivity contribution in [1.29, 1.82) is 0 Å². The van der Waals surface area contributed by atoms with E-state index in [1.807, 2.05) is 29.6 Å². The van der Waals surface area contributed by atoms with E-state index in [1.165, 1.54) is 11.1 Å². The number of pyridine rings is 1. The number of nitrogens with one attached hydrogen (secondary N) is 1. The summed E-state index contributed by atoms with van der Waals surface area (Å²) in [5.41, 5.74) is 6.16. The Morgan fingerprint density at radius 1 is 1.18 bits per heavy atom. The van der Waals surface area contributed by atoms with Crippen LogP contribution in [0.2, 0.25) is 0 Å². The van der Waals surface area contributed by atoms with Gasteiger partial charge in [-0.1, -0.05) is 18.2 Å². The minimum absolute atomic E-state index is 0.290. The number of aromatic amines is 1. The van der Waals surface area contributed by atoms with Crippen LogP contribution in [-0.4, -0.2) is 44.0 Å². The molecule has 1 aromatic carbocycles. The van der Waals surface area contributed by atoms with Crippen molar-refractivity contribution in [1.82, 2.24) is 15.2 Å². The summed E-state index contributed by atoms with van der Waals surface area (Å²) >= 11 is 0. The number of fused-ring (bicyclic) bond motifs is 1. The number of rotatable bonds is 3. The molecule has 0 aliphatic rings. The topological polar surface area (TPSA) is 50.8 Å². The molecule has 7 heteroatoms. The Labute approximate surface area is 132 Å². The lowest BCUT2D eigenvalue weighted by molar-refractivity contribution is 0.319. The molecule has 0 saturated heterocycles. The van der Waals surface area contributed by atoms with Crippen molar-refractivity contribution in [3.63, 3.8) is 0 Å². The maximum absolute atomic E-state index is 6.15. The molecular weight excluding hydrogens is 271 g/mol. The van der Waals surface area contributed by atoms with E-state index >= 15 is 0 Å². The maximum Gasteiger partial charge on any atom is 0.145 e. The largest absolute Gasteiger partial charge is 0.511 e. The summed E-state index contributed by atoms with van der Waals surface area (Å²) in [6.07, 6.45) is 1.74. The van der Waals surface area contributed by atoms with Crippen LogP contribution in [0, 0.1) is 13.8 Å². The van der Waals surface area contributed by atoms with E-state index in [2.05, 4.69) is 42.2 Å². The van der Waals surface area contributed by atoms with Crippen molar-refractivity contribution in [2.45, 2.75) is 19.1 Å². The lowest BCUT2D eigenvalue weighted by Crippen LogP contribution is -2.37. The molecule has 0 bridgehead atoms. The Hall–Kier alpha value is -2.17. The van der Waals surface area contributed by atoms with E-state index in [4.69, 9.17) is 9.72 Å². The highest BCUT2D eigenvalue weighted by atomic mass is 16.5. The summed E-state index contributed by atoms with van der Waals surface area (Å²) in [6, 6.07) is 8.24. The van der Waals surface area contributed by atoms with Gasteiger partial charge in [0, 0.05) is 16.9 Å². The van der Waals surface area contributed by atoms with E-state index < -0.39 is 0 Å². The molecule has 0 amide bonds. The first kappa shape index (κ1) is 14.8. The Morgan fingerprint density at radius 3 is 2.68 bits per heavy atom. The van der Waals surface area contributed by atoms with E-state index in [9.17, 15) is 0 Å². The molecule has 1 N–H and O–H groups in total. The molecule has 4 nitrogen and oxygen atoms in total. The fourth-order valence-corrected chi connectivity index (χ4v) is 2.47. The summed E-state index contributed by atoms with van der Waals surface area (Å²) in [5.74, 6) is 0.776. The quantitative estimate of drug-likeness (QED) is 0.697. The summed E-state index contributed by atoms with van der Waals surface area (Å²) < 4.78 is 6.15. The van der Waals surface area contributed by atoms with Crippen LogP contribution in [0.3, 0.4) is 0 Å². The van der Waals surface area contributed by atoms with Crippen LogP contribution in [0.4, 0.5) is 0 Å². The molecule has 0 spiro atoms. The van der Waals surface area contributed by atoms with E-state index in [-0.39, 0.29) is 5.30 Å². The first-order chi connectivity index (χ1) is 10.3. The highest BCUT2D eigenvalue weighted by Gasteiger charge is 2.19. The number of hydrogen-bond acceptors (Lipinski definition) is 3. The minimum Gasteiger partial charge on any atom is -0.511 e. The molecule has 0 fully saturated rings. The summed E-state index contributed by atoms with van der Waals surface area (Å²) in [4.78, 5) is 4.77. The van der Waals surface area contributed by atoms with Crippen LogP contribution in [-0.2, 0) is 0 Å². The van der Waals surface area contributed by atoms with Crippen LogP contribution in [0.5, 0.6) is 5.75 Å². The van der Waals surface area contributed by atoms with Gasteiger partial charge in [-0.2, -0.15) is 5.10 Å². The number of aryl methyl sites for hydroxylation is 1. The second-order valence-electron chi connectivity index (χ2n) is 6.60. The molecule has 2 heterocycles. The van der Waals surface area contributed by atoms with Crippen molar-refractivity contribution >= 4 is 34.6 Å². The average molecular weight is 289 g/mol. The summed E-state index contributed by atoms with van der Waals surface area (Å²) in [7, 11) is 6.12. The van der Waals surface area contributed by atoms with E-state index in [0.29, 0.717) is 0 Å². The molecular formula is C15H18B3N3O. The van der Waals surface area contributed by atoms with E-state index in [0.717, 1.165) is 28.0 Å². The van der Waals surface area contributed by atoms with Crippen molar-refractivity contribution in [2.24, 2.45) is 0 Å². The van der Waals surface area contributed by atoms with Gasteiger partial charge in [0.25, 0.3) is 0 Å². The molecule has 0 aliphatic heterocycles. The SMILES string of the molecule is BC(B)(B)Oc1cc2[nH]ncc2nc1-c1cccc(C)c1C. The van der Waals surface area contributed by atoms with Crippen molar-refractivity contribution in [2.75, 3.05) is 0 Å². The van der Waals surface area contributed by atoms with Gasteiger partial charge in [-0.05, 0) is 25.0 Å². The Kier molecular flexibility index (Phi) is 3.51. The predicted octanol–water partition coefficient (Wildman–Crippen LogP) is 0.131. The van der Waals surface area contributed by atoms with Gasteiger partial charge in [0.1, 0.15) is 40.5 Å². The molecule has 0 radical (unpaired) electrons. The lowest BCUT2D eigenvalue weighted by Gasteiger charge is -2.24. The van der Waals surface area contributed by atoms with Crippen LogP contribution in [0.15, 0.2) is 30.5 Å². The Balaban J connectivity index is 2.25. The van der Waals surface area contributed by atoms with Crippen LogP contribution >= 0.6 is 0 Å². The molecule has 0 atom stereocenters. The fourth-order valence-electron chi connectivity index (χ4n) is 2.47. The average Bonchev–Trinajstić information content (AvgIpc) is 2.86. The van der Waals surface area contributed by atoms with Crippen molar-refractivity contribution < 1.29 is 4.74 Å². The van der Waals surface area contributed by atoms with Crippen LogP contribution in [0.25, 0.3) is 22.3 Å². The van der Waals surface area contributed by atoms with Crippen molar-refractivity contribution in [3.05, 3.63) is 41.6 Å². The van der Waals surface area contributed by atoms with Gasteiger partial charge in [-0.3, -0.25) is 5.10 Å². The first-order valence-electron chi connectivity index (χ1n) is 7.45. The summed E-state index contributed by atoms with van der Waals surface area (Å²) in [5, 5.41) is 6.74. The van der Waals surface area contributed by atoms with Gasteiger partial charge in [0.2, 0.25) is 0 Å². The maximum atomic E-state index is 6.15. The third kappa shape index (κ3) is 2.75. The highest BCUT2D eigenvalue weighted by molar-refractivity contribution is 6.58. The standard InChI is InChI=1S/C15H18B3N3O/c1-8-4-3-5-10(9(8)2)14-13(22-15(16,17)18)6-11-12(20-14)7-19-21-11/h3-7H,16-18H2,1-2H3,(H,19,21). The molecule has 0 saturated carbocycles. The Morgan fingerprint density at radius 2 is 1.95 bits per heavy atom. The normalized spacial score (nSPS) is 11.7. The van der Waals surface area contributed by atoms with Gasteiger partial charge in [-0.25, -0.2) is 4.98 Å². The van der Waals surface area contributed by atoms with Gasteiger partial charge in [0.15, 0.2) is 0 Å². The predicted molar refractivity (Wildman–Crippen MR) is 97.8 cm³/mol. The third-order valence-corrected chi connectivity index (χ3v) is 3.66. The molecule has 22 heavy (non-hydrogen) atoms. The second-order valence-corrected chi connectivity index (χ2v) is 6.60. The van der Waals surface area contributed by atoms with Gasteiger partial charge in [-0.15, -0.1) is 0 Å². The zero-order valence-electron chi connectivity index (χ0n) is 13.7. The van der Waals surface area contributed by atoms with Gasteiger partial charge >= 0.3 is 0 Å². The van der Waals surface area contributed by atoms with Gasteiger partial charge in [0.05, 0.1) is 11.7 Å². The van der Waals surface area contributed by atoms with Crippen LogP contribution in [0.1, 0.15) is 11.1 Å². The zero-order chi connectivity index (χ0) is 15.9. The van der Waals surface area contributed by atoms with Crippen molar-refractivity contribution in [3.8, 4) is 17.0 Å². The minimum atomic E-state index is -0.290. The number of hydrogen-bond donors (Lipinski definition) is 1. The smallest absolute Gasteiger partial charge is 0.145 e. The zero-order valence-corrected chi connectivity index (χ0v) is 13.7. The van der Waals surface area contributed by atoms with Crippen LogP contribution < -0.4 is 4.74 Å². The molecule has 0 unspecified atom stereocenters. The third-order valence-electron chi connectivity index (χ3n) is 3.66. The molecule has 2 aromatic heterocycles.